The van der Waals surface area contributed by atoms with Crippen LogP contribution in [0.1, 0.15) is 57.9 Å². The second kappa shape index (κ2) is 8.53. The zero-order valence-electron chi connectivity index (χ0n) is 23.9. The summed E-state index contributed by atoms with van der Waals surface area (Å²) in [5, 5.41) is 0. The van der Waals surface area contributed by atoms with Crippen molar-refractivity contribution in [1.29, 1.82) is 0 Å². The quantitative estimate of drug-likeness (QED) is 0.533. The molecule has 0 radical (unpaired) electrons. The lowest BCUT2D eigenvalue weighted by atomic mass is 9.51. The first-order valence-corrected chi connectivity index (χ1v) is 14.8. The molecule has 3 aliphatic heterocycles. The van der Waals surface area contributed by atoms with Gasteiger partial charge in [0.15, 0.2) is 11.5 Å². The monoisotopic (exact) mass is 538 g/mol. The first-order valence-electron chi connectivity index (χ1n) is 14.8. The Labute approximate surface area is 236 Å². The van der Waals surface area contributed by atoms with Gasteiger partial charge in [-0.25, -0.2) is 0 Å². The minimum absolute atomic E-state index is 0.0743. The molecule has 7 nitrogen and oxygen atoms in total. The van der Waals surface area contributed by atoms with E-state index in [9.17, 15) is 4.79 Å². The zero-order valence-corrected chi connectivity index (χ0v) is 23.9. The molecule has 5 aliphatic rings. The van der Waals surface area contributed by atoms with Crippen molar-refractivity contribution < 1.29 is 14.3 Å². The van der Waals surface area contributed by atoms with E-state index in [0.29, 0.717) is 25.0 Å². The third-order valence-corrected chi connectivity index (χ3v) is 10.9. The summed E-state index contributed by atoms with van der Waals surface area (Å²) in [5.41, 5.74) is 8.18. The summed E-state index contributed by atoms with van der Waals surface area (Å²) < 4.78 is 12.7. The van der Waals surface area contributed by atoms with E-state index in [-0.39, 0.29) is 23.5 Å². The van der Waals surface area contributed by atoms with E-state index in [4.69, 9.17) is 9.47 Å². The number of aromatic amines is 1. The number of benzene rings is 2. The van der Waals surface area contributed by atoms with Crippen molar-refractivity contribution in [3.05, 3.63) is 76.1 Å². The Hall–Kier alpha value is -3.45. The maximum Gasteiger partial charge on any atom is 0.270 e. The van der Waals surface area contributed by atoms with Crippen molar-refractivity contribution in [1.82, 2.24) is 14.8 Å². The number of likely N-dealkylation sites (tertiary alicyclic amines) is 1. The highest BCUT2D eigenvalue weighted by Crippen LogP contribution is 2.67. The first-order chi connectivity index (χ1) is 19.4. The molecular weight excluding hydrogens is 500 g/mol. The number of anilines is 1. The Balaban J connectivity index is 1.16. The Morgan fingerprint density at radius 1 is 1.10 bits per heavy atom. The summed E-state index contributed by atoms with van der Waals surface area (Å²) in [6.07, 6.45) is 2.97. The fraction of sp³-hybridized carbons (Fsp3) is 0.485. The van der Waals surface area contributed by atoms with Gasteiger partial charge in [-0.05, 0) is 87.5 Å². The predicted molar refractivity (Wildman–Crippen MR) is 155 cm³/mol. The largest absolute Gasteiger partial charge is 0.493 e. The summed E-state index contributed by atoms with van der Waals surface area (Å²) in [6.45, 7) is 7.67. The molecule has 40 heavy (non-hydrogen) atoms. The summed E-state index contributed by atoms with van der Waals surface area (Å²) in [7, 11) is 4.01. The molecule has 0 saturated carbocycles. The third kappa shape index (κ3) is 3.07. The Morgan fingerprint density at radius 2 is 1.93 bits per heavy atom. The highest BCUT2D eigenvalue weighted by Gasteiger charge is 2.65. The number of piperazine rings is 1. The number of hydrogen-bond acceptors (Lipinski definition) is 5. The highest BCUT2D eigenvalue weighted by atomic mass is 16.5. The van der Waals surface area contributed by atoms with Crippen molar-refractivity contribution in [2.24, 2.45) is 5.92 Å². The van der Waals surface area contributed by atoms with Gasteiger partial charge in [0.1, 0.15) is 11.8 Å². The van der Waals surface area contributed by atoms with Crippen molar-refractivity contribution >= 4 is 11.6 Å². The number of rotatable bonds is 3. The fourth-order valence-electron chi connectivity index (χ4n) is 8.95. The second-order valence-electron chi connectivity index (χ2n) is 12.6. The van der Waals surface area contributed by atoms with Gasteiger partial charge in [0.25, 0.3) is 5.91 Å². The van der Waals surface area contributed by atoms with Crippen LogP contribution in [0.2, 0.25) is 0 Å². The van der Waals surface area contributed by atoms with Crippen molar-refractivity contribution in [2.75, 3.05) is 45.2 Å². The van der Waals surface area contributed by atoms with Gasteiger partial charge in [-0.15, -0.1) is 0 Å². The van der Waals surface area contributed by atoms with Gasteiger partial charge in [0.2, 0.25) is 0 Å². The average Bonchev–Trinajstić information content (AvgIpc) is 3.49. The third-order valence-electron chi connectivity index (χ3n) is 10.9. The summed E-state index contributed by atoms with van der Waals surface area (Å²) >= 11 is 0. The molecule has 1 spiro atoms. The lowest BCUT2D eigenvalue weighted by molar-refractivity contribution is -0.0256. The van der Waals surface area contributed by atoms with Gasteiger partial charge in [0.05, 0.1) is 12.8 Å². The molecule has 2 unspecified atom stereocenters. The van der Waals surface area contributed by atoms with Gasteiger partial charge in [-0.1, -0.05) is 24.3 Å². The van der Waals surface area contributed by atoms with Crippen LogP contribution in [-0.2, 0) is 18.3 Å². The summed E-state index contributed by atoms with van der Waals surface area (Å²) in [6, 6.07) is 15.6. The van der Waals surface area contributed by atoms with Crippen LogP contribution in [0, 0.1) is 12.8 Å². The van der Waals surface area contributed by atoms with Crippen LogP contribution in [0.4, 0.5) is 5.69 Å². The molecule has 1 amide bonds. The van der Waals surface area contributed by atoms with Gasteiger partial charge < -0.3 is 29.2 Å². The molecule has 4 heterocycles. The second-order valence-corrected chi connectivity index (χ2v) is 12.6. The van der Waals surface area contributed by atoms with E-state index in [1.54, 1.807) is 7.11 Å². The smallest absolute Gasteiger partial charge is 0.270 e. The molecule has 3 aromatic rings. The van der Waals surface area contributed by atoms with E-state index < -0.39 is 0 Å². The maximum absolute atomic E-state index is 14.1. The topological polar surface area (TPSA) is 61.0 Å². The number of hydrogen-bond donors (Lipinski definition) is 1. The first kappa shape index (κ1) is 24.4. The Kier molecular flexibility index (Phi) is 5.19. The molecule has 7 heteroatoms. The van der Waals surface area contributed by atoms with Gasteiger partial charge in [-0.3, -0.25) is 4.79 Å². The Morgan fingerprint density at radius 3 is 2.70 bits per heavy atom. The van der Waals surface area contributed by atoms with Crippen LogP contribution in [0.15, 0.2) is 42.5 Å². The summed E-state index contributed by atoms with van der Waals surface area (Å²) in [4.78, 5) is 24.8. The molecule has 2 fully saturated rings. The van der Waals surface area contributed by atoms with E-state index in [1.807, 2.05) is 4.90 Å². The number of nitrogens with zero attached hydrogens (tertiary/aromatic N) is 3. The van der Waals surface area contributed by atoms with Crippen molar-refractivity contribution in [2.45, 2.75) is 56.7 Å². The predicted octanol–water partition coefficient (Wildman–Crippen LogP) is 4.49. The molecule has 2 saturated heterocycles. The number of methoxy groups -OCH3 is 1. The van der Waals surface area contributed by atoms with Crippen LogP contribution in [-0.4, -0.2) is 73.1 Å². The number of amides is 1. The van der Waals surface area contributed by atoms with E-state index >= 15 is 0 Å². The molecule has 1 aromatic heterocycles. The molecular formula is C33H38N4O3. The van der Waals surface area contributed by atoms with E-state index in [2.05, 4.69) is 78.1 Å². The average molecular weight is 539 g/mol. The minimum atomic E-state index is -0.114. The number of H-pyrrole nitrogens is 1. The maximum atomic E-state index is 14.1. The highest BCUT2D eigenvalue weighted by molar-refractivity contribution is 5.95. The van der Waals surface area contributed by atoms with E-state index in [1.165, 1.54) is 22.4 Å². The number of aromatic nitrogens is 1. The number of ether oxygens (including phenoxy) is 2. The van der Waals surface area contributed by atoms with Gasteiger partial charge in [0, 0.05) is 48.4 Å². The van der Waals surface area contributed by atoms with E-state index in [0.717, 1.165) is 60.8 Å². The van der Waals surface area contributed by atoms with Gasteiger partial charge >= 0.3 is 0 Å². The molecule has 2 aromatic carbocycles. The van der Waals surface area contributed by atoms with Crippen molar-refractivity contribution in [3.63, 3.8) is 0 Å². The molecule has 5 atom stereocenters. The van der Waals surface area contributed by atoms with Crippen LogP contribution in [0.25, 0.3) is 0 Å². The normalized spacial score (nSPS) is 30.0. The lowest BCUT2D eigenvalue weighted by Crippen LogP contribution is -2.62. The standard InChI is InChI=1S/C33H38N4O3/c1-19-18-36(14-15-37(19)22-8-6-5-7-9-22)32(38)28-20(2)23-17-24-25-16-21-10-11-26(39-4)30-27(21)33(24,12-13-35(25)3)31(40-30)29(23)34-28/h5-11,19,24-25,31,34H,12-18H2,1-4H3/t19?,24?,25-,31+,33+/m1/s1. The number of carbonyl (C=O) groups excluding carboxylic acids is 1. The molecule has 208 valence electrons. The summed E-state index contributed by atoms with van der Waals surface area (Å²) in [5.74, 6) is 2.32. The van der Waals surface area contributed by atoms with Crippen LogP contribution >= 0.6 is 0 Å². The zero-order chi connectivity index (χ0) is 27.3. The number of fused-ring (bicyclic) bond motifs is 2. The molecule has 2 bridgehead atoms. The molecule has 1 N–H and O–H groups in total. The number of para-hydroxylation sites is 1. The number of carbonyl (C=O) groups is 1. The van der Waals surface area contributed by atoms with Crippen molar-refractivity contribution in [3.8, 4) is 11.5 Å². The number of likely N-dealkylation sites (N-methyl/N-ethyl adjacent to an activating group) is 1. The van der Waals surface area contributed by atoms with Crippen LogP contribution in [0.5, 0.6) is 11.5 Å². The molecule has 2 aliphatic carbocycles. The number of piperidine rings is 1. The van der Waals surface area contributed by atoms with Gasteiger partial charge in [-0.2, -0.15) is 0 Å². The Bertz CT molecular complexity index is 1520. The van der Waals surface area contributed by atoms with Crippen LogP contribution in [0.3, 0.4) is 0 Å². The fourth-order valence-corrected chi connectivity index (χ4v) is 8.95. The van der Waals surface area contributed by atoms with Crippen LogP contribution < -0.4 is 14.4 Å². The lowest BCUT2D eigenvalue weighted by Gasteiger charge is -2.57. The number of nitrogens with one attached hydrogen (secondary N) is 1. The SMILES string of the molecule is COc1ccc2c3c1O[C@H]1c4[nH]c(C(=O)N5CCN(c6ccccc6)C(C)C5)c(C)c4CC4[C@@H](C2)N(C)CC[C@@]341. The molecule has 8 rings (SSSR count). The minimum Gasteiger partial charge on any atom is -0.493 e.